The second kappa shape index (κ2) is 3.45. The molecule has 1 rings (SSSR count). The van der Waals surface area contributed by atoms with E-state index in [2.05, 4.69) is 0 Å². The van der Waals surface area contributed by atoms with Crippen LogP contribution in [0.2, 0.25) is 5.02 Å². The number of hydrogen-bond donors (Lipinski definition) is 1. The smallest absolute Gasteiger partial charge is 0.296 e. The van der Waals surface area contributed by atoms with Gasteiger partial charge in [-0.05, 0) is 12.1 Å². The summed E-state index contributed by atoms with van der Waals surface area (Å²) in [6.07, 6.45) is 0.527. The highest BCUT2D eigenvalue weighted by molar-refractivity contribution is 7.86. The topological polar surface area (TPSA) is 71.4 Å². The minimum atomic E-state index is -4.31. The molecule has 0 aromatic heterocycles. The summed E-state index contributed by atoms with van der Waals surface area (Å²) in [4.78, 5) is 9.85. The third-order valence-corrected chi connectivity index (χ3v) is 2.71. The monoisotopic (exact) mass is 220 g/mol. The number of benzene rings is 1. The average Bonchev–Trinajstić information content (AvgIpc) is 2.01. The van der Waals surface area contributed by atoms with Gasteiger partial charge >= 0.3 is 0 Å². The molecule has 0 aliphatic rings. The van der Waals surface area contributed by atoms with Crippen molar-refractivity contribution >= 4 is 28.0 Å². The lowest BCUT2D eigenvalue weighted by Crippen LogP contribution is -1.99. The van der Waals surface area contributed by atoms with Crippen molar-refractivity contribution < 1.29 is 17.8 Å². The molecule has 4 nitrogen and oxygen atoms in total. The Morgan fingerprint density at radius 3 is 2.38 bits per heavy atom. The van der Waals surface area contributed by atoms with Crippen LogP contribution >= 0.6 is 11.6 Å². The molecule has 70 valence electrons. The van der Waals surface area contributed by atoms with Crippen LogP contribution in [0.1, 0.15) is 10.4 Å². The number of carbonyl (C=O) groups excluding carboxylic acids is 1. The molecule has 0 aliphatic carbocycles. The van der Waals surface area contributed by atoms with Crippen molar-refractivity contribution in [3.63, 3.8) is 0 Å². The molecule has 0 bridgehead atoms. The van der Waals surface area contributed by atoms with Crippen LogP contribution in [0.25, 0.3) is 0 Å². The van der Waals surface area contributed by atoms with Gasteiger partial charge in [0.2, 0.25) is 0 Å². The van der Waals surface area contributed by atoms with Gasteiger partial charge in [-0.15, -0.1) is 0 Å². The molecule has 0 amide bonds. The fourth-order valence-corrected chi connectivity index (χ4v) is 1.83. The predicted octanol–water partition coefficient (Wildman–Crippen LogP) is 1.40. The van der Waals surface area contributed by atoms with E-state index in [0.29, 0.717) is 6.29 Å². The summed E-state index contributed by atoms with van der Waals surface area (Å²) < 4.78 is 29.9. The Kier molecular flexibility index (Phi) is 2.70. The normalized spacial score (nSPS) is 11.2. The van der Waals surface area contributed by atoms with Crippen LogP contribution in [0.5, 0.6) is 0 Å². The molecule has 0 heterocycles. The molecule has 0 radical (unpaired) electrons. The van der Waals surface area contributed by atoms with Crippen LogP contribution in [-0.4, -0.2) is 19.3 Å². The molecule has 0 saturated carbocycles. The highest BCUT2D eigenvalue weighted by Crippen LogP contribution is 2.21. The van der Waals surface area contributed by atoms with Crippen molar-refractivity contribution in [2.45, 2.75) is 4.90 Å². The zero-order valence-corrected chi connectivity index (χ0v) is 7.84. The van der Waals surface area contributed by atoms with E-state index in [9.17, 15) is 13.2 Å². The number of carbonyl (C=O) groups is 1. The zero-order valence-electron chi connectivity index (χ0n) is 6.27. The van der Waals surface area contributed by atoms with Crippen LogP contribution in [0.4, 0.5) is 0 Å². The number of halogens is 1. The maximum absolute atomic E-state index is 10.6. The van der Waals surface area contributed by atoms with Crippen molar-refractivity contribution in [1.82, 2.24) is 0 Å². The highest BCUT2D eigenvalue weighted by Gasteiger charge is 2.13. The van der Waals surface area contributed by atoms with Crippen LogP contribution in [-0.2, 0) is 10.1 Å². The fraction of sp³-hybridized carbons (Fsp3) is 0. The van der Waals surface area contributed by atoms with E-state index in [1.165, 1.54) is 6.07 Å². The van der Waals surface area contributed by atoms with Gasteiger partial charge in [0, 0.05) is 5.56 Å². The van der Waals surface area contributed by atoms with Gasteiger partial charge in [-0.25, -0.2) is 0 Å². The van der Waals surface area contributed by atoms with Crippen LogP contribution in [0.3, 0.4) is 0 Å². The summed E-state index contributed by atoms with van der Waals surface area (Å²) in [5, 5.41) is -0.174. The zero-order chi connectivity index (χ0) is 10.1. The Balaban J connectivity index is 3.37. The first-order chi connectivity index (χ1) is 5.95. The van der Waals surface area contributed by atoms with Crippen molar-refractivity contribution in [3.8, 4) is 0 Å². The first-order valence-corrected chi connectivity index (χ1v) is 4.99. The summed E-state index contributed by atoms with van der Waals surface area (Å²) in [6.45, 7) is 0. The summed E-state index contributed by atoms with van der Waals surface area (Å²) in [5.41, 5.74) is 0.248. The molecule has 13 heavy (non-hydrogen) atoms. The predicted molar refractivity (Wildman–Crippen MR) is 46.7 cm³/mol. The Morgan fingerprint density at radius 2 is 2.00 bits per heavy atom. The molecular formula is C7H5ClO4S. The number of hydrogen-bond acceptors (Lipinski definition) is 3. The first kappa shape index (κ1) is 10.2. The third kappa shape index (κ3) is 2.27. The van der Waals surface area contributed by atoms with E-state index in [4.69, 9.17) is 16.2 Å². The average molecular weight is 221 g/mol. The molecule has 0 saturated heterocycles. The van der Waals surface area contributed by atoms with E-state index in [1.54, 1.807) is 0 Å². The van der Waals surface area contributed by atoms with Gasteiger partial charge in [0.25, 0.3) is 10.1 Å². The SMILES string of the molecule is O=Cc1ccc(S(=O)(=O)O)c(Cl)c1. The van der Waals surface area contributed by atoms with Gasteiger partial charge in [-0.3, -0.25) is 9.35 Å². The molecule has 0 unspecified atom stereocenters. The quantitative estimate of drug-likeness (QED) is 0.604. The summed E-state index contributed by atoms with van der Waals surface area (Å²) in [5.74, 6) is 0. The van der Waals surface area contributed by atoms with Crippen molar-refractivity contribution in [2.75, 3.05) is 0 Å². The largest absolute Gasteiger partial charge is 0.298 e. The maximum atomic E-state index is 10.6. The second-order valence-electron chi connectivity index (χ2n) is 2.28. The second-order valence-corrected chi connectivity index (χ2v) is 4.08. The number of rotatable bonds is 2. The van der Waals surface area contributed by atoms with E-state index in [0.717, 1.165) is 12.1 Å². The molecule has 0 aliphatic heterocycles. The number of aldehydes is 1. The van der Waals surface area contributed by atoms with Gasteiger partial charge < -0.3 is 0 Å². The van der Waals surface area contributed by atoms with Gasteiger partial charge in [0.1, 0.15) is 11.2 Å². The van der Waals surface area contributed by atoms with E-state index < -0.39 is 15.0 Å². The molecule has 0 spiro atoms. The van der Waals surface area contributed by atoms with Gasteiger partial charge in [0.15, 0.2) is 0 Å². The Labute approximate surface area is 79.9 Å². The van der Waals surface area contributed by atoms with Crippen LogP contribution in [0, 0.1) is 0 Å². The summed E-state index contributed by atoms with van der Waals surface area (Å²) in [6, 6.07) is 3.49. The van der Waals surface area contributed by atoms with Crippen molar-refractivity contribution in [2.24, 2.45) is 0 Å². The molecular weight excluding hydrogens is 216 g/mol. The minimum Gasteiger partial charge on any atom is -0.298 e. The fourth-order valence-electron chi connectivity index (χ4n) is 0.800. The highest BCUT2D eigenvalue weighted by atomic mass is 35.5. The van der Waals surface area contributed by atoms with Gasteiger partial charge in [-0.1, -0.05) is 17.7 Å². The molecule has 0 fully saturated rings. The molecule has 6 heteroatoms. The van der Waals surface area contributed by atoms with E-state index in [1.807, 2.05) is 0 Å². The molecule has 1 N–H and O–H groups in total. The van der Waals surface area contributed by atoms with Crippen LogP contribution in [0.15, 0.2) is 23.1 Å². The molecule has 0 atom stereocenters. The Hall–Kier alpha value is -0.910. The van der Waals surface area contributed by atoms with Gasteiger partial charge in [0.05, 0.1) is 5.02 Å². The first-order valence-electron chi connectivity index (χ1n) is 3.17. The maximum Gasteiger partial charge on any atom is 0.296 e. The lowest BCUT2D eigenvalue weighted by atomic mass is 10.2. The third-order valence-electron chi connectivity index (χ3n) is 1.37. The van der Waals surface area contributed by atoms with Crippen molar-refractivity contribution in [1.29, 1.82) is 0 Å². The van der Waals surface area contributed by atoms with E-state index >= 15 is 0 Å². The van der Waals surface area contributed by atoms with Crippen molar-refractivity contribution in [3.05, 3.63) is 28.8 Å². The standard InChI is InChI=1S/C7H5ClO4S/c8-6-3-5(4-9)1-2-7(6)13(10,11)12/h1-4H,(H,10,11,12). The summed E-state index contributed by atoms with van der Waals surface area (Å²) in [7, 11) is -4.31. The Bertz CT molecular complexity index is 438. The van der Waals surface area contributed by atoms with Crippen LogP contribution < -0.4 is 0 Å². The molecule has 1 aromatic carbocycles. The van der Waals surface area contributed by atoms with Gasteiger partial charge in [-0.2, -0.15) is 8.42 Å². The lowest BCUT2D eigenvalue weighted by Gasteiger charge is -1.99. The van der Waals surface area contributed by atoms with E-state index in [-0.39, 0.29) is 10.6 Å². The molecule has 1 aromatic rings. The summed E-state index contributed by atoms with van der Waals surface area (Å²) >= 11 is 5.49. The Morgan fingerprint density at radius 1 is 1.38 bits per heavy atom. The lowest BCUT2D eigenvalue weighted by molar-refractivity contribution is 0.112. The minimum absolute atomic E-state index is 0.174.